The Morgan fingerprint density at radius 3 is 2.48 bits per heavy atom. The highest BCUT2D eigenvalue weighted by Gasteiger charge is 2.26. The van der Waals surface area contributed by atoms with Crippen LogP contribution in [-0.4, -0.2) is 54.3 Å². The lowest BCUT2D eigenvalue weighted by Gasteiger charge is -2.18. The van der Waals surface area contributed by atoms with Gasteiger partial charge in [0, 0.05) is 18.7 Å². The number of hydrogen-bond donors (Lipinski definition) is 3. The van der Waals surface area contributed by atoms with Crippen molar-refractivity contribution in [1.82, 2.24) is 20.9 Å². The molecule has 0 radical (unpaired) electrons. The maximum atomic E-state index is 13.2. The highest BCUT2D eigenvalue weighted by Crippen LogP contribution is 2.24. The van der Waals surface area contributed by atoms with E-state index in [2.05, 4.69) is 16.0 Å². The molecular formula is C30H30N4O6. The molecule has 3 N–H and O–H groups in total. The monoisotopic (exact) mass is 542 g/mol. The third-order valence-corrected chi connectivity index (χ3v) is 6.43. The molecule has 206 valence electrons. The summed E-state index contributed by atoms with van der Waals surface area (Å²) in [5.41, 5.74) is 1.95. The van der Waals surface area contributed by atoms with Crippen LogP contribution in [0.2, 0.25) is 0 Å². The first kappa shape index (κ1) is 28.0. The molecule has 4 rings (SSSR count). The minimum atomic E-state index is -0.848. The fraction of sp³-hybridized carbons (Fsp3) is 0.233. The Bertz CT molecular complexity index is 1460. The Hall–Kier alpha value is -4.99. The van der Waals surface area contributed by atoms with Crippen molar-refractivity contribution in [2.75, 3.05) is 19.7 Å². The Labute approximate surface area is 231 Å². The SMILES string of the molecule is C[C@@H](NC(=O)c1ccccc1CNC(=O)C(=O)NCC/C=C/C(=O)N1CCOC1=O)c1cccc2ccccc12. The molecule has 0 unspecified atom stereocenters. The minimum Gasteiger partial charge on any atom is -0.447 e. The van der Waals surface area contributed by atoms with Gasteiger partial charge in [0.25, 0.3) is 11.8 Å². The number of ether oxygens (including phenoxy) is 1. The van der Waals surface area contributed by atoms with Crippen LogP contribution in [0, 0.1) is 0 Å². The predicted molar refractivity (Wildman–Crippen MR) is 148 cm³/mol. The summed E-state index contributed by atoms with van der Waals surface area (Å²) in [5, 5.41) is 10.2. The van der Waals surface area contributed by atoms with Gasteiger partial charge in [0.2, 0.25) is 0 Å². The van der Waals surface area contributed by atoms with Gasteiger partial charge in [0.05, 0.1) is 12.6 Å². The predicted octanol–water partition coefficient (Wildman–Crippen LogP) is 2.99. The summed E-state index contributed by atoms with van der Waals surface area (Å²) in [4.78, 5) is 61.9. The topological polar surface area (TPSA) is 134 Å². The number of rotatable bonds is 9. The molecule has 0 spiro atoms. The van der Waals surface area contributed by atoms with Crippen LogP contribution < -0.4 is 16.0 Å². The van der Waals surface area contributed by atoms with Gasteiger partial charge in [0.1, 0.15) is 6.61 Å². The fourth-order valence-electron chi connectivity index (χ4n) is 4.35. The summed E-state index contributed by atoms with van der Waals surface area (Å²) in [6.45, 7) is 2.39. The molecule has 3 aromatic carbocycles. The molecule has 5 amide bonds. The van der Waals surface area contributed by atoms with Gasteiger partial charge in [-0.3, -0.25) is 19.2 Å². The van der Waals surface area contributed by atoms with Gasteiger partial charge in [-0.1, -0.05) is 66.7 Å². The van der Waals surface area contributed by atoms with E-state index >= 15 is 0 Å². The number of carbonyl (C=O) groups is 5. The number of carbonyl (C=O) groups excluding carboxylic acids is 5. The van der Waals surface area contributed by atoms with E-state index in [4.69, 9.17) is 4.74 Å². The van der Waals surface area contributed by atoms with Crippen molar-refractivity contribution in [1.29, 1.82) is 0 Å². The van der Waals surface area contributed by atoms with Crippen LogP contribution >= 0.6 is 0 Å². The van der Waals surface area contributed by atoms with Gasteiger partial charge in [0.15, 0.2) is 0 Å². The van der Waals surface area contributed by atoms with Crippen molar-refractivity contribution < 1.29 is 28.7 Å². The molecule has 40 heavy (non-hydrogen) atoms. The van der Waals surface area contributed by atoms with E-state index in [1.165, 1.54) is 12.2 Å². The van der Waals surface area contributed by atoms with E-state index in [1.807, 2.05) is 49.4 Å². The Balaban J connectivity index is 1.27. The number of cyclic esters (lactones) is 1. The first-order chi connectivity index (χ1) is 19.3. The Kier molecular flexibility index (Phi) is 9.24. The average molecular weight is 543 g/mol. The van der Waals surface area contributed by atoms with Crippen molar-refractivity contribution in [3.8, 4) is 0 Å². The number of benzene rings is 3. The smallest absolute Gasteiger partial charge is 0.416 e. The first-order valence-electron chi connectivity index (χ1n) is 12.9. The molecule has 1 fully saturated rings. The summed E-state index contributed by atoms with van der Waals surface area (Å²) in [6.07, 6.45) is 2.33. The van der Waals surface area contributed by atoms with Crippen LogP contribution in [0.25, 0.3) is 10.8 Å². The average Bonchev–Trinajstić information content (AvgIpc) is 3.41. The molecule has 1 heterocycles. The molecule has 1 aliphatic rings. The fourth-order valence-corrected chi connectivity index (χ4v) is 4.35. The minimum absolute atomic E-state index is 0.0150. The van der Waals surface area contributed by atoms with Crippen molar-refractivity contribution in [2.24, 2.45) is 0 Å². The molecule has 1 aliphatic heterocycles. The molecule has 1 atom stereocenters. The highest BCUT2D eigenvalue weighted by atomic mass is 16.6. The third-order valence-electron chi connectivity index (χ3n) is 6.43. The molecule has 1 saturated heterocycles. The van der Waals surface area contributed by atoms with E-state index in [9.17, 15) is 24.0 Å². The maximum absolute atomic E-state index is 13.2. The maximum Gasteiger partial charge on any atom is 0.416 e. The van der Waals surface area contributed by atoms with E-state index in [-0.39, 0.29) is 44.6 Å². The first-order valence-corrected chi connectivity index (χ1v) is 12.9. The molecule has 0 saturated carbocycles. The normalized spacial score (nSPS) is 13.6. The van der Waals surface area contributed by atoms with Crippen molar-refractivity contribution >= 4 is 40.5 Å². The van der Waals surface area contributed by atoms with Crippen LogP contribution in [0.15, 0.2) is 78.9 Å². The van der Waals surface area contributed by atoms with E-state index < -0.39 is 23.8 Å². The van der Waals surface area contributed by atoms with Crippen molar-refractivity contribution in [3.63, 3.8) is 0 Å². The number of amides is 5. The second-order valence-electron chi connectivity index (χ2n) is 9.15. The highest BCUT2D eigenvalue weighted by molar-refractivity contribution is 6.35. The summed E-state index contributed by atoms with van der Waals surface area (Å²) < 4.78 is 4.70. The van der Waals surface area contributed by atoms with Crippen LogP contribution in [0.3, 0.4) is 0 Å². The number of imide groups is 1. The lowest BCUT2D eigenvalue weighted by Crippen LogP contribution is -2.40. The summed E-state index contributed by atoms with van der Waals surface area (Å²) in [5.74, 6) is -2.48. The quantitative estimate of drug-likeness (QED) is 0.216. The largest absolute Gasteiger partial charge is 0.447 e. The second kappa shape index (κ2) is 13.2. The summed E-state index contributed by atoms with van der Waals surface area (Å²) in [7, 11) is 0. The van der Waals surface area contributed by atoms with Crippen LogP contribution in [0.1, 0.15) is 40.9 Å². The zero-order chi connectivity index (χ0) is 28.5. The van der Waals surface area contributed by atoms with E-state index in [1.54, 1.807) is 24.3 Å². The van der Waals surface area contributed by atoms with E-state index in [0.29, 0.717) is 11.1 Å². The number of nitrogens with one attached hydrogen (secondary N) is 3. The standard InChI is InChI=1S/C30H30N4O6/c1-20(23-14-8-11-21-9-2-4-12-24(21)23)33-27(36)25-13-5-3-10-22(25)19-32-29(38)28(37)31-16-7-6-15-26(35)34-17-18-40-30(34)39/h2-6,8-15,20H,7,16-19H2,1H3,(H,31,37)(H,32,38)(H,33,36)/b15-6+/t20-/m1/s1. The van der Waals surface area contributed by atoms with Gasteiger partial charge >= 0.3 is 17.9 Å². The van der Waals surface area contributed by atoms with Crippen LogP contribution in [-0.2, 0) is 25.7 Å². The zero-order valence-corrected chi connectivity index (χ0v) is 22.0. The molecule has 3 aromatic rings. The summed E-state index contributed by atoms with van der Waals surface area (Å²) >= 11 is 0. The van der Waals surface area contributed by atoms with Gasteiger partial charge < -0.3 is 20.7 Å². The van der Waals surface area contributed by atoms with Crippen LogP contribution in [0.4, 0.5) is 4.79 Å². The molecule has 0 bridgehead atoms. The lowest BCUT2D eigenvalue weighted by atomic mass is 9.99. The zero-order valence-electron chi connectivity index (χ0n) is 22.0. The molecule has 10 nitrogen and oxygen atoms in total. The summed E-state index contributed by atoms with van der Waals surface area (Å²) in [6, 6.07) is 20.5. The number of nitrogens with zero attached hydrogens (tertiary/aromatic N) is 1. The third kappa shape index (κ3) is 6.90. The molecular weight excluding hydrogens is 512 g/mol. The number of hydrogen-bond acceptors (Lipinski definition) is 6. The van der Waals surface area contributed by atoms with Crippen molar-refractivity contribution in [2.45, 2.75) is 25.9 Å². The van der Waals surface area contributed by atoms with Gasteiger partial charge in [-0.2, -0.15) is 0 Å². The number of fused-ring (bicyclic) bond motifs is 1. The molecule has 0 aromatic heterocycles. The van der Waals surface area contributed by atoms with Crippen molar-refractivity contribution in [3.05, 3.63) is 95.6 Å². The van der Waals surface area contributed by atoms with Gasteiger partial charge in [-0.05, 0) is 47.4 Å². The molecule has 0 aliphatic carbocycles. The lowest BCUT2D eigenvalue weighted by molar-refractivity contribution is -0.139. The second-order valence-corrected chi connectivity index (χ2v) is 9.15. The van der Waals surface area contributed by atoms with Crippen LogP contribution in [0.5, 0.6) is 0 Å². The molecule has 10 heteroatoms. The van der Waals surface area contributed by atoms with Gasteiger partial charge in [-0.15, -0.1) is 0 Å². The van der Waals surface area contributed by atoms with E-state index in [0.717, 1.165) is 21.2 Å². The Morgan fingerprint density at radius 2 is 1.68 bits per heavy atom. The Morgan fingerprint density at radius 1 is 0.950 bits per heavy atom. The van der Waals surface area contributed by atoms with Gasteiger partial charge in [-0.25, -0.2) is 9.69 Å².